The Kier molecular flexibility index (Phi) is 12.1. The Bertz CT molecular complexity index is 410. The van der Waals surface area contributed by atoms with Crippen molar-refractivity contribution in [3.63, 3.8) is 0 Å². The number of methoxy groups -OCH3 is 1. The number of ether oxygens (including phenoxy) is 1. The topological polar surface area (TPSA) is 45.7 Å². The van der Waals surface area contributed by atoms with Crippen LogP contribution in [0.3, 0.4) is 0 Å². The molecule has 1 aromatic rings. The number of para-hydroxylation sites is 1. The lowest BCUT2D eigenvalue weighted by Gasteiger charge is -2.13. The van der Waals surface area contributed by atoms with Gasteiger partial charge in [-0.2, -0.15) is 0 Å². The van der Waals surface area contributed by atoms with Gasteiger partial charge in [-0.25, -0.2) is 0 Å². The minimum Gasteiger partial charge on any atom is -0.496 e. The van der Waals surface area contributed by atoms with Crippen molar-refractivity contribution in [2.45, 2.75) is 39.2 Å². The number of guanidine groups is 1. The van der Waals surface area contributed by atoms with E-state index >= 15 is 0 Å². The fourth-order valence-electron chi connectivity index (χ4n) is 2.01. The lowest BCUT2D eigenvalue weighted by molar-refractivity contribution is 0.409. The van der Waals surface area contributed by atoms with Gasteiger partial charge >= 0.3 is 0 Å². The van der Waals surface area contributed by atoms with E-state index in [0.717, 1.165) is 23.8 Å². The molecular formula is C16H28IN3O. The number of hydrogen-bond donors (Lipinski definition) is 2. The molecule has 0 unspecified atom stereocenters. The predicted octanol–water partition coefficient (Wildman–Crippen LogP) is 3.56. The number of hydrogen-bond acceptors (Lipinski definition) is 2. The smallest absolute Gasteiger partial charge is 0.191 e. The molecule has 0 atom stereocenters. The minimum absolute atomic E-state index is 0. The van der Waals surface area contributed by atoms with Crippen molar-refractivity contribution in [2.24, 2.45) is 4.99 Å². The van der Waals surface area contributed by atoms with E-state index in [-0.39, 0.29) is 24.0 Å². The second-order valence-corrected chi connectivity index (χ2v) is 4.73. The zero-order chi connectivity index (χ0) is 14.6. The second kappa shape index (κ2) is 12.7. The van der Waals surface area contributed by atoms with Gasteiger partial charge in [0.1, 0.15) is 5.75 Å². The lowest BCUT2D eigenvalue weighted by Crippen LogP contribution is -2.37. The van der Waals surface area contributed by atoms with Crippen LogP contribution in [-0.4, -0.2) is 26.7 Å². The van der Waals surface area contributed by atoms with Gasteiger partial charge < -0.3 is 15.4 Å². The zero-order valence-corrected chi connectivity index (χ0v) is 15.6. The monoisotopic (exact) mass is 405 g/mol. The SMILES string of the molecule is CCCCCCNC(=NC)NCc1ccccc1OC.I. The Balaban J connectivity index is 0.00000400. The maximum absolute atomic E-state index is 5.34. The quantitative estimate of drug-likeness (QED) is 0.301. The van der Waals surface area contributed by atoms with E-state index in [1.54, 1.807) is 14.2 Å². The number of benzene rings is 1. The van der Waals surface area contributed by atoms with Crippen molar-refractivity contribution in [2.75, 3.05) is 20.7 Å². The van der Waals surface area contributed by atoms with Gasteiger partial charge in [0.2, 0.25) is 0 Å². The number of rotatable bonds is 8. The van der Waals surface area contributed by atoms with E-state index in [1.807, 2.05) is 18.2 Å². The van der Waals surface area contributed by atoms with Crippen LogP contribution in [-0.2, 0) is 6.54 Å². The van der Waals surface area contributed by atoms with Gasteiger partial charge in [-0.05, 0) is 12.5 Å². The van der Waals surface area contributed by atoms with Crippen LogP contribution in [0.1, 0.15) is 38.2 Å². The molecule has 1 rings (SSSR count). The molecule has 0 aromatic heterocycles. The van der Waals surface area contributed by atoms with Crippen LogP contribution in [0.15, 0.2) is 29.3 Å². The summed E-state index contributed by atoms with van der Waals surface area (Å²) in [6.45, 7) is 3.89. The molecule has 0 aliphatic heterocycles. The normalized spacial score (nSPS) is 10.7. The lowest BCUT2D eigenvalue weighted by atomic mass is 10.2. The first-order chi connectivity index (χ1) is 9.81. The first-order valence-corrected chi connectivity index (χ1v) is 7.38. The molecule has 0 saturated carbocycles. The Morgan fingerprint density at radius 1 is 1.14 bits per heavy atom. The first kappa shape index (κ1) is 20.0. The van der Waals surface area contributed by atoms with Gasteiger partial charge in [-0.3, -0.25) is 4.99 Å². The van der Waals surface area contributed by atoms with Gasteiger partial charge in [0.15, 0.2) is 5.96 Å². The summed E-state index contributed by atoms with van der Waals surface area (Å²) in [5.41, 5.74) is 1.13. The van der Waals surface area contributed by atoms with Crippen LogP contribution >= 0.6 is 24.0 Å². The number of halogens is 1. The summed E-state index contributed by atoms with van der Waals surface area (Å²) in [6.07, 6.45) is 5.02. The number of unbranched alkanes of at least 4 members (excludes halogenated alkanes) is 3. The van der Waals surface area contributed by atoms with E-state index in [9.17, 15) is 0 Å². The third-order valence-corrected chi connectivity index (χ3v) is 3.19. The molecule has 120 valence electrons. The Morgan fingerprint density at radius 2 is 1.90 bits per heavy atom. The Labute approximate surface area is 145 Å². The van der Waals surface area contributed by atoms with Crippen molar-refractivity contribution in [1.82, 2.24) is 10.6 Å². The van der Waals surface area contributed by atoms with Crippen LogP contribution in [0.5, 0.6) is 5.75 Å². The van der Waals surface area contributed by atoms with Crippen molar-refractivity contribution < 1.29 is 4.74 Å². The van der Waals surface area contributed by atoms with E-state index < -0.39 is 0 Å². The molecule has 0 aliphatic carbocycles. The molecule has 21 heavy (non-hydrogen) atoms. The van der Waals surface area contributed by atoms with Gasteiger partial charge in [0, 0.05) is 25.7 Å². The molecule has 0 aliphatic rings. The van der Waals surface area contributed by atoms with Crippen molar-refractivity contribution in [1.29, 1.82) is 0 Å². The molecule has 0 radical (unpaired) electrons. The van der Waals surface area contributed by atoms with E-state index in [1.165, 1.54) is 25.7 Å². The van der Waals surface area contributed by atoms with E-state index in [4.69, 9.17) is 4.74 Å². The summed E-state index contributed by atoms with van der Waals surface area (Å²) < 4.78 is 5.34. The first-order valence-electron chi connectivity index (χ1n) is 7.38. The highest BCUT2D eigenvalue weighted by molar-refractivity contribution is 14.0. The van der Waals surface area contributed by atoms with Crippen molar-refractivity contribution >= 4 is 29.9 Å². The van der Waals surface area contributed by atoms with Gasteiger partial charge in [-0.15, -0.1) is 24.0 Å². The summed E-state index contributed by atoms with van der Waals surface area (Å²) in [5.74, 6) is 1.74. The highest BCUT2D eigenvalue weighted by Gasteiger charge is 2.02. The molecule has 5 heteroatoms. The van der Waals surface area contributed by atoms with E-state index in [2.05, 4.69) is 28.6 Å². The Hall–Kier alpha value is -0.980. The zero-order valence-electron chi connectivity index (χ0n) is 13.3. The van der Waals surface area contributed by atoms with Crippen LogP contribution in [0, 0.1) is 0 Å². The average Bonchev–Trinajstić information content (AvgIpc) is 2.50. The van der Waals surface area contributed by atoms with Crippen LogP contribution in [0.25, 0.3) is 0 Å². The molecule has 0 bridgehead atoms. The molecule has 4 nitrogen and oxygen atoms in total. The highest BCUT2D eigenvalue weighted by Crippen LogP contribution is 2.16. The van der Waals surface area contributed by atoms with Gasteiger partial charge in [-0.1, -0.05) is 44.4 Å². The van der Waals surface area contributed by atoms with Gasteiger partial charge in [0.05, 0.1) is 7.11 Å². The van der Waals surface area contributed by atoms with Gasteiger partial charge in [0.25, 0.3) is 0 Å². The van der Waals surface area contributed by atoms with Crippen LogP contribution in [0.2, 0.25) is 0 Å². The van der Waals surface area contributed by atoms with Crippen molar-refractivity contribution in [3.8, 4) is 5.75 Å². The summed E-state index contributed by atoms with van der Waals surface area (Å²) in [5, 5.41) is 6.64. The van der Waals surface area contributed by atoms with Crippen LogP contribution in [0.4, 0.5) is 0 Å². The third kappa shape index (κ3) is 8.14. The summed E-state index contributed by atoms with van der Waals surface area (Å²) in [7, 11) is 3.49. The molecule has 2 N–H and O–H groups in total. The molecular weight excluding hydrogens is 377 g/mol. The fraction of sp³-hybridized carbons (Fsp3) is 0.562. The second-order valence-electron chi connectivity index (χ2n) is 4.73. The predicted molar refractivity (Wildman–Crippen MR) is 101 cm³/mol. The Morgan fingerprint density at radius 3 is 2.57 bits per heavy atom. The molecule has 0 amide bonds. The number of nitrogens with one attached hydrogen (secondary N) is 2. The number of nitrogens with zero attached hydrogens (tertiary/aromatic N) is 1. The molecule has 0 spiro atoms. The highest BCUT2D eigenvalue weighted by atomic mass is 127. The average molecular weight is 405 g/mol. The number of aliphatic imine (C=N–C) groups is 1. The standard InChI is InChI=1S/C16H27N3O.HI/c1-4-5-6-9-12-18-16(17-2)19-13-14-10-7-8-11-15(14)20-3;/h7-8,10-11H,4-6,9,12-13H2,1-3H3,(H2,17,18,19);1H. The maximum atomic E-state index is 5.34. The maximum Gasteiger partial charge on any atom is 0.191 e. The molecule has 0 heterocycles. The molecule has 0 saturated heterocycles. The molecule has 0 fully saturated rings. The third-order valence-electron chi connectivity index (χ3n) is 3.19. The molecule has 1 aromatic carbocycles. The summed E-state index contributed by atoms with van der Waals surface area (Å²) in [6, 6.07) is 8.02. The van der Waals surface area contributed by atoms with Crippen molar-refractivity contribution in [3.05, 3.63) is 29.8 Å². The summed E-state index contributed by atoms with van der Waals surface area (Å²) in [4.78, 5) is 4.23. The van der Waals surface area contributed by atoms with E-state index in [0.29, 0.717) is 6.54 Å². The summed E-state index contributed by atoms with van der Waals surface area (Å²) >= 11 is 0. The largest absolute Gasteiger partial charge is 0.496 e. The fourth-order valence-corrected chi connectivity index (χ4v) is 2.01. The van der Waals surface area contributed by atoms with Crippen LogP contribution < -0.4 is 15.4 Å². The minimum atomic E-state index is 0.